The van der Waals surface area contributed by atoms with Crippen LogP contribution >= 0.6 is 15.9 Å². The molecule has 0 bridgehead atoms. The second kappa shape index (κ2) is 7.58. The van der Waals surface area contributed by atoms with Gasteiger partial charge >= 0.3 is 6.18 Å². The van der Waals surface area contributed by atoms with E-state index in [-0.39, 0.29) is 24.8 Å². The van der Waals surface area contributed by atoms with Crippen LogP contribution in [0.25, 0.3) is 0 Å². The number of hydrogen-bond acceptors (Lipinski definition) is 2. The molecule has 0 unspecified atom stereocenters. The molecule has 28 heavy (non-hydrogen) atoms. The maximum Gasteiger partial charge on any atom is 0.416 e. The molecule has 2 amide bonds. The molecule has 2 aromatic rings. The molecule has 1 atom stereocenters. The molecule has 3 rings (SSSR count). The first-order valence-corrected chi connectivity index (χ1v) is 9.44. The minimum atomic E-state index is -4.56. The predicted octanol–water partition coefficient (Wildman–Crippen LogP) is 3.71. The number of nitrogens with one attached hydrogen (secondary N) is 1. The number of primary amides is 1. The van der Waals surface area contributed by atoms with Gasteiger partial charge in [-0.15, -0.1) is 0 Å². The van der Waals surface area contributed by atoms with Gasteiger partial charge in [0.1, 0.15) is 6.04 Å². The molecule has 3 N–H and O–H groups in total. The fourth-order valence-electron chi connectivity index (χ4n) is 3.27. The molecule has 0 radical (unpaired) electrons. The van der Waals surface area contributed by atoms with E-state index in [0.717, 1.165) is 16.1 Å². The third-order valence-corrected chi connectivity index (χ3v) is 5.46. The van der Waals surface area contributed by atoms with E-state index in [4.69, 9.17) is 5.73 Å². The zero-order chi connectivity index (χ0) is 20.5. The Balaban J connectivity index is 1.83. The Morgan fingerprint density at radius 2 is 1.71 bits per heavy atom. The van der Waals surface area contributed by atoms with E-state index >= 15 is 0 Å². The van der Waals surface area contributed by atoms with Crippen LogP contribution in [-0.4, -0.2) is 17.9 Å². The van der Waals surface area contributed by atoms with E-state index in [1.54, 1.807) is 24.3 Å². The Morgan fingerprint density at radius 1 is 1.11 bits per heavy atom. The fourth-order valence-corrected chi connectivity index (χ4v) is 3.53. The number of benzene rings is 2. The molecule has 1 aliphatic rings. The summed E-state index contributed by atoms with van der Waals surface area (Å²) in [5.41, 5.74) is 4.02. The summed E-state index contributed by atoms with van der Waals surface area (Å²) in [7, 11) is 0. The quantitative estimate of drug-likeness (QED) is 0.698. The molecule has 0 saturated heterocycles. The highest BCUT2D eigenvalue weighted by molar-refractivity contribution is 9.10. The first-order valence-electron chi connectivity index (χ1n) is 8.65. The van der Waals surface area contributed by atoms with Gasteiger partial charge in [0.2, 0.25) is 11.8 Å². The van der Waals surface area contributed by atoms with Gasteiger partial charge in [0.15, 0.2) is 0 Å². The van der Waals surface area contributed by atoms with Crippen LogP contribution in [0.5, 0.6) is 0 Å². The highest BCUT2D eigenvalue weighted by Gasteiger charge is 2.55. The van der Waals surface area contributed by atoms with Crippen molar-refractivity contribution in [3.63, 3.8) is 0 Å². The zero-order valence-electron chi connectivity index (χ0n) is 14.7. The van der Waals surface area contributed by atoms with E-state index in [1.165, 1.54) is 18.2 Å². The number of rotatable bonds is 6. The standard InChI is InChI=1S/C20H18BrF3N2O2/c21-13-7-5-12(6-8-13)11-16(17(25)27)26-18(28)19(9-10-19)14-3-1-2-4-15(14)20(22,23)24/h1-8,16H,9-11H2,(H2,25,27)(H,26,28)/t16-/m0/s1. The number of alkyl halides is 3. The number of nitrogens with two attached hydrogens (primary N) is 1. The van der Waals surface area contributed by atoms with Crippen molar-refractivity contribution >= 4 is 27.7 Å². The maximum absolute atomic E-state index is 13.4. The molecular weight excluding hydrogens is 437 g/mol. The van der Waals surface area contributed by atoms with Crippen molar-refractivity contribution in [3.8, 4) is 0 Å². The highest BCUT2D eigenvalue weighted by Crippen LogP contribution is 2.52. The van der Waals surface area contributed by atoms with Gasteiger partial charge < -0.3 is 11.1 Å². The van der Waals surface area contributed by atoms with Crippen molar-refractivity contribution < 1.29 is 22.8 Å². The van der Waals surface area contributed by atoms with Crippen LogP contribution < -0.4 is 11.1 Å². The molecule has 148 valence electrons. The van der Waals surface area contributed by atoms with Crippen LogP contribution in [0.1, 0.15) is 29.5 Å². The lowest BCUT2D eigenvalue weighted by Gasteiger charge is -2.23. The van der Waals surface area contributed by atoms with E-state index < -0.39 is 35.0 Å². The van der Waals surface area contributed by atoms with Gasteiger partial charge in [0.05, 0.1) is 11.0 Å². The third kappa shape index (κ3) is 4.22. The van der Waals surface area contributed by atoms with Crippen LogP contribution in [0, 0.1) is 0 Å². The summed E-state index contributed by atoms with van der Waals surface area (Å²) in [6.45, 7) is 0. The molecule has 0 aromatic heterocycles. The lowest BCUT2D eigenvalue weighted by atomic mass is 9.89. The van der Waals surface area contributed by atoms with Crippen molar-refractivity contribution in [3.05, 3.63) is 69.7 Å². The summed E-state index contributed by atoms with van der Waals surface area (Å²) >= 11 is 3.31. The van der Waals surface area contributed by atoms with Gasteiger partial charge in [0, 0.05) is 10.9 Å². The van der Waals surface area contributed by atoms with Crippen LogP contribution in [0.3, 0.4) is 0 Å². The lowest BCUT2D eigenvalue weighted by Crippen LogP contribution is -2.49. The fraction of sp³-hybridized carbons (Fsp3) is 0.300. The number of carbonyl (C=O) groups is 2. The number of carbonyl (C=O) groups excluding carboxylic acids is 2. The second-order valence-electron chi connectivity index (χ2n) is 6.88. The molecule has 1 saturated carbocycles. The Bertz CT molecular complexity index is 893. The van der Waals surface area contributed by atoms with Gasteiger partial charge in [-0.25, -0.2) is 0 Å². The molecule has 4 nitrogen and oxygen atoms in total. The van der Waals surface area contributed by atoms with Crippen molar-refractivity contribution in [2.75, 3.05) is 0 Å². The SMILES string of the molecule is NC(=O)[C@H](Cc1ccc(Br)cc1)NC(=O)C1(c2ccccc2C(F)(F)F)CC1. The summed E-state index contributed by atoms with van der Waals surface area (Å²) in [6.07, 6.45) is -3.83. The smallest absolute Gasteiger partial charge is 0.368 e. The van der Waals surface area contributed by atoms with Gasteiger partial charge in [-0.05, 0) is 42.2 Å². The average Bonchev–Trinajstić information content (AvgIpc) is 3.44. The molecule has 0 aliphatic heterocycles. The third-order valence-electron chi connectivity index (χ3n) is 4.93. The topological polar surface area (TPSA) is 72.2 Å². The minimum Gasteiger partial charge on any atom is -0.368 e. The van der Waals surface area contributed by atoms with Crippen LogP contribution in [0.2, 0.25) is 0 Å². The average molecular weight is 455 g/mol. The van der Waals surface area contributed by atoms with Crippen LogP contribution in [0.4, 0.5) is 13.2 Å². The second-order valence-corrected chi connectivity index (χ2v) is 7.80. The lowest BCUT2D eigenvalue weighted by molar-refractivity contribution is -0.139. The minimum absolute atomic E-state index is 0.0631. The van der Waals surface area contributed by atoms with Gasteiger partial charge in [-0.2, -0.15) is 13.2 Å². The summed E-state index contributed by atoms with van der Waals surface area (Å²) in [4.78, 5) is 24.7. The van der Waals surface area contributed by atoms with Crippen LogP contribution in [-0.2, 0) is 27.6 Å². The highest BCUT2D eigenvalue weighted by atomic mass is 79.9. The Kier molecular flexibility index (Phi) is 5.52. The predicted molar refractivity (Wildman–Crippen MR) is 101 cm³/mol. The zero-order valence-corrected chi connectivity index (χ0v) is 16.3. The Hall–Kier alpha value is -2.35. The van der Waals surface area contributed by atoms with Crippen molar-refractivity contribution in [1.82, 2.24) is 5.32 Å². The number of amides is 2. The van der Waals surface area contributed by atoms with Gasteiger partial charge in [0.25, 0.3) is 0 Å². The summed E-state index contributed by atoms with van der Waals surface area (Å²) in [5, 5.41) is 2.57. The van der Waals surface area contributed by atoms with E-state index in [1.807, 2.05) is 0 Å². The molecule has 8 heteroatoms. The molecule has 0 heterocycles. The van der Waals surface area contributed by atoms with Gasteiger partial charge in [-0.3, -0.25) is 9.59 Å². The van der Waals surface area contributed by atoms with Gasteiger partial charge in [-0.1, -0.05) is 46.3 Å². The first-order chi connectivity index (χ1) is 13.1. The summed E-state index contributed by atoms with van der Waals surface area (Å²) < 4.78 is 41.0. The Morgan fingerprint density at radius 3 is 2.25 bits per heavy atom. The van der Waals surface area contributed by atoms with Crippen molar-refractivity contribution in [2.24, 2.45) is 5.73 Å². The van der Waals surface area contributed by atoms with Crippen molar-refractivity contribution in [2.45, 2.75) is 36.9 Å². The monoisotopic (exact) mass is 454 g/mol. The molecule has 1 fully saturated rings. The Labute approximate surface area is 168 Å². The number of hydrogen-bond donors (Lipinski definition) is 2. The number of halogens is 4. The summed E-state index contributed by atoms with van der Waals surface area (Å²) in [6, 6.07) is 11.2. The normalized spacial score (nSPS) is 16.3. The van der Waals surface area contributed by atoms with E-state index in [0.29, 0.717) is 0 Å². The largest absolute Gasteiger partial charge is 0.416 e. The maximum atomic E-state index is 13.4. The molecule has 1 aliphatic carbocycles. The molecule has 2 aromatic carbocycles. The van der Waals surface area contributed by atoms with E-state index in [2.05, 4.69) is 21.2 Å². The molecular formula is C20H18BrF3N2O2. The first kappa shape index (κ1) is 20.4. The van der Waals surface area contributed by atoms with E-state index in [9.17, 15) is 22.8 Å². The van der Waals surface area contributed by atoms with Crippen LogP contribution in [0.15, 0.2) is 53.0 Å². The molecule has 0 spiro atoms. The summed E-state index contributed by atoms with van der Waals surface area (Å²) in [5.74, 6) is -1.35. The van der Waals surface area contributed by atoms with Crippen molar-refractivity contribution in [1.29, 1.82) is 0 Å².